The van der Waals surface area contributed by atoms with E-state index in [0.717, 1.165) is 22.6 Å². The molecule has 0 saturated carbocycles. The van der Waals surface area contributed by atoms with Gasteiger partial charge in [0, 0.05) is 17.8 Å². The SMILES string of the molecule is O=C(/C=N\OCc1cccc2ccccc12)Nc1cccc([N+](=O)[O-])c1. The molecule has 0 saturated heterocycles. The molecule has 0 aromatic heterocycles. The largest absolute Gasteiger partial charge is 0.391 e. The number of carbonyl (C=O) groups excluding carboxylic acids is 1. The molecule has 0 heterocycles. The monoisotopic (exact) mass is 349 g/mol. The fourth-order valence-electron chi connectivity index (χ4n) is 2.48. The summed E-state index contributed by atoms with van der Waals surface area (Å²) in [6, 6.07) is 19.4. The van der Waals surface area contributed by atoms with Gasteiger partial charge in [-0.2, -0.15) is 0 Å². The van der Waals surface area contributed by atoms with E-state index in [2.05, 4.69) is 10.5 Å². The lowest BCUT2D eigenvalue weighted by Crippen LogP contribution is -2.12. The minimum Gasteiger partial charge on any atom is -0.391 e. The van der Waals surface area contributed by atoms with Crippen molar-refractivity contribution in [1.82, 2.24) is 0 Å². The third-order valence-electron chi connectivity index (χ3n) is 3.67. The first-order chi connectivity index (χ1) is 12.6. The molecule has 0 radical (unpaired) electrons. The van der Waals surface area contributed by atoms with Crippen LogP contribution in [0.3, 0.4) is 0 Å². The molecule has 3 aromatic carbocycles. The number of amides is 1. The second-order valence-corrected chi connectivity index (χ2v) is 5.44. The van der Waals surface area contributed by atoms with Crippen LogP contribution < -0.4 is 5.32 Å². The number of fused-ring (bicyclic) bond motifs is 1. The second kappa shape index (κ2) is 7.89. The van der Waals surface area contributed by atoms with Crippen LogP contribution in [-0.4, -0.2) is 17.0 Å². The van der Waals surface area contributed by atoms with Crippen LogP contribution in [0.1, 0.15) is 5.56 Å². The number of benzene rings is 3. The second-order valence-electron chi connectivity index (χ2n) is 5.44. The molecule has 0 atom stereocenters. The predicted octanol–water partition coefficient (Wildman–Crippen LogP) is 3.89. The molecule has 7 nitrogen and oxygen atoms in total. The Balaban J connectivity index is 1.57. The van der Waals surface area contributed by atoms with Gasteiger partial charge in [0.15, 0.2) is 0 Å². The van der Waals surface area contributed by atoms with Crippen LogP contribution in [0.2, 0.25) is 0 Å². The summed E-state index contributed by atoms with van der Waals surface area (Å²) in [4.78, 5) is 27.2. The van der Waals surface area contributed by atoms with E-state index < -0.39 is 10.8 Å². The van der Waals surface area contributed by atoms with E-state index in [1.165, 1.54) is 18.2 Å². The van der Waals surface area contributed by atoms with Gasteiger partial charge in [-0.1, -0.05) is 53.7 Å². The first-order valence-corrected chi connectivity index (χ1v) is 7.81. The highest BCUT2D eigenvalue weighted by molar-refractivity contribution is 6.31. The Morgan fingerprint density at radius 3 is 2.73 bits per heavy atom. The van der Waals surface area contributed by atoms with Crippen molar-refractivity contribution < 1.29 is 14.6 Å². The first-order valence-electron chi connectivity index (χ1n) is 7.81. The molecule has 0 aliphatic rings. The number of nitrogens with one attached hydrogen (secondary N) is 1. The standard InChI is InChI=1S/C19H15N3O4/c23-19(21-16-8-4-9-17(11-16)22(24)25)12-20-26-13-15-7-3-6-14-5-1-2-10-18(14)15/h1-12H,13H2,(H,21,23)/b20-12-. The Morgan fingerprint density at radius 2 is 1.88 bits per heavy atom. The number of nitro benzene ring substituents is 1. The molecule has 1 amide bonds. The number of carbonyl (C=O) groups is 1. The van der Waals surface area contributed by atoms with Crippen molar-refractivity contribution in [3.63, 3.8) is 0 Å². The highest BCUT2D eigenvalue weighted by Crippen LogP contribution is 2.19. The van der Waals surface area contributed by atoms with E-state index in [-0.39, 0.29) is 12.3 Å². The molecule has 7 heteroatoms. The van der Waals surface area contributed by atoms with Crippen LogP contribution >= 0.6 is 0 Å². The fraction of sp³-hybridized carbons (Fsp3) is 0.0526. The Hall–Kier alpha value is -3.74. The highest BCUT2D eigenvalue weighted by atomic mass is 16.6. The third-order valence-corrected chi connectivity index (χ3v) is 3.67. The average Bonchev–Trinajstić information content (AvgIpc) is 2.65. The van der Waals surface area contributed by atoms with Crippen LogP contribution in [-0.2, 0) is 16.2 Å². The van der Waals surface area contributed by atoms with E-state index in [1.807, 2.05) is 42.5 Å². The Bertz CT molecular complexity index is 980. The third kappa shape index (κ3) is 4.21. The number of oxime groups is 1. The molecule has 0 fully saturated rings. The van der Waals surface area contributed by atoms with E-state index in [4.69, 9.17) is 4.84 Å². The van der Waals surface area contributed by atoms with Gasteiger partial charge >= 0.3 is 0 Å². The molecule has 3 aromatic rings. The van der Waals surface area contributed by atoms with Crippen molar-refractivity contribution in [2.24, 2.45) is 5.16 Å². The molecule has 0 unspecified atom stereocenters. The van der Waals surface area contributed by atoms with E-state index in [9.17, 15) is 14.9 Å². The van der Waals surface area contributed by atoms with Crippen LogP contribution in [0.15, 0.2) is 71.9 Å². The number of hydrogen-bond acceptors (Lipinski definition) is 5. The molecule has 3 rings (SSSR count). The van der Waals surface area contributed by atoms with Gasteiger partial charge in [-0.15, -0.1) is 0 Å². The summed E-state index contributed by atoms with van der Waals surface area (Å²) < 4.78 is 0. The zero-order valence-corrected chi connectivity index (χ0v) is 13.7. The lowest BCUT2D eigenvalue weighted by atomic mass is 10.1. The van der Waals surface area contributed by atoms with Crippen LogP contribution in [0.5, 0.6) is 0 Å². The quantitative estimate of drug-likeness (QED) is 0.415. The van der Waals surface area contributed by atoms with Crippen LogP contribution in [0.4, 0.5) is 11.4 Å². The summed E-state index contributed by atoms with van der Waals surface area (Å²) in [5, 5.41) is 19.0. The number of nitro groups is 1. The predicted molar refractivity (Wildman–Crippen MR) is 99.0 cm³/mol. The highest BCUT2D eigenvalue weighted by Gasteiger charge is 2.07. The maximum absolute atomic E-state index is 11.8. The fourth-order valence-corrected chi connectivity index (χ4v) is 2.48. The molecular formula is C19H15N3O4. The van der Waals surface area contributed by atoms with E-state index in [0.29, 0.717) is 5.69 Å². The molecule has 0 spiro atoms. The summed E-state index contributed by atoms with van der Waals surface area (Å²) in [5.41, 5.74) is 1.16. The first kappa shape index (κ1) is 17.1. The number of hydrogen-bond donors (Lipinski definition) is 1. The zero-order chi connectivity index (χ0) is 18.4. The van der Waals surface area contributed by atoms with Gasteiger partial charge in [0.2, 0.25) is 0 Å². The van der Waals surface area contributed by atoms with Gasteiger partial charge in [0.25, 0.3) is 11.6 Å². The molecule has 0 aliphatic heterocycles. The molecule has 26 heavy (non-hydrogen) atoms. The summed E-state index contributed by atoms with van der Waals surface area (Å²) in [7, 11) is 0. The normalized spacial score (nSPS) is 10.8. The number of anilines is 1. The number of non-ortho nitro benzene ring substituents is 1. The van der Waals surface area contributed by atoms with Crippen molar-refractivity contribution in [1.29, 1.82) is 0 Å². The summed E-state index contributed by atoms with van der Waals surface area (Å²) in [5.74, 6) is -0.539. The molecule has 0 bridgehead atoms. The summed E-state index contributed by atoms with van der Waals surface area (Å²) in [6.45, 7) is 0.224. The number of rotatable bonds is 6. The minimum absolute atomic E-state index is 0.105. The van der Waals surface area contributed by atoms with Gasteiger partial charge in [-0.25, -0.2) is 0 Å². The maximum Gasteiger partial charge on any atom is 0.271 e. The van der Waals surface area contributed by atoms with Crippen LogP contribution in [0, 0.1) is 10.1 Å². The van der Waals surface area contributed by atoms with E-state index in [1.54, 1.807) is 6.07 Å². The Kier molecular flexibility index (Phi) is 5.19. The molecular weight excluding hydrogens is 334 g/mol. The smallest absolute Gasteiger partial charge is 0.271 e. The number of nitrogens with zero attached hydrogens (tertiary/aromatic N) is 2. The zero-order valence-electron chi connectivity index (χ0n) is 13.7. The van der Waals surface area contributed by atoms with Crippen molar-refractivity contribution in [3.8, 4) is 0 Å². The molecule has 1 N–H and O–H groups in total. The summed E-state index contributed by atoms with van der Waals surface area (Å²) in [6.07, 6.45) is 0.990. The van der Waals surface area contributed by atoms with Crippen molar-refractivity contribution in [2.75, 3.05) is 5.32 Å². The summed E-state index contributed by atoms with van der Waals surface area (Å²) >= 11 is 0. The van der Waals surface area contributed by atoms with Gasteiger partial charge in [-0.3, -0.25) is 14.9 Å². The Morgan fingerprint density at radius 1 is 1.12 bits per heavy atom. The van der Waals surface area contributed by atoms with Gasteiger partial charge < -0.3 is 10.2 Å². The van der Waals surface area contributed by atoms with Gasteiger partial charge in [0.1, 0.15) is 12.8 Å². The lowest BCUT2D eigenvalue weighted by molar-refractivity contribution is -0.384. The minimum atomic E-state index is -0.539. The lowest BCUT2D eigenvalue weighted by Gasteiger charge is -2.05. The topological polar surface area (TPSA) is 93.8 Å². The van der Waals surface area contributed by atoms with Crippen molar-refractivity contribution >= 4 is 34.3 Å². The van der Waals surface area contributed by atoms with Gasteiger partial charge in [-0.05, 0) is 22.4 Å². The Labute approximate surface area is 149 Å². The molecule has 0 aliphatic carbocycles. The molecule has 130 valence electrons. The van der Waals surface area contributed by atoms with Crippen molar-refractivity contribution in [2.45, 2.75) is 6.61 Å². The average molecular weight is 349 g/mol. The van der Waals surface area contributed by atoms with Crippen molar-refractivity contribution in [3.05, 3.63) is 82.4 Å². The van der Waals surface area contributed by atoms with E-state index >= 15 is 0 Å². The maximum atomic E-state index is 11.8. The van der Waals surface area contributed by atoms with Crippen LogP contribution in [0.25, 0.3) is 10.8 Å². The van der Waals surface area contributed by atoms with Gasteiger partial charge in [0.05, 0.1) is 4.92 Å².